The monoisotopic (exact) mass is 756 g/mol. The van der Waals surface area contributed by atoms with Crippen molar-refractivity contribution in [1.29, 1.82) is 0 Å². The van der Waals surface area contributed by atoms with E-state index in [0.29, 0.717) is 49.6 Å². The van der Waals surface area contributed by atoms with Gasteiger partial charge in [0.2, 0.25) is 0 Å². The number of epoxide rings is 2. The van der Waals surface area contributed by atoms with Crippen LogP contribution in [0, 0.1) is 0 Å². The van der Waals surface area contributed by atoms with Crippen molar-refractivity contribution in [3.05, 3.63) is 108 Å². The molecule has 2 aliphatic heterocycles. The predicted octanol–water partition coefficient (Wildman–Crippen LogP) is 10.8. The van der Waals surface area contributed by atoms with Crippen LogP contribution in [0.4, 0.5) is 11.4 Å². The highest BCUT2D eigenvalue weighted by molar-refractivity contribution is 6.10. The summed E-state index contributed by atoms with van der Waals surface area (Å²) in [6.07, 6.45) is 11.0. The highest BCUT2D eigenvalue weighted by Crippen LogP contribution is 2.30. The molecule has 0 aromatic heterocycles. The SMILES string of the molecule is CCCCN(C(=O)c1ccc2cc(OCCCCC3CO3)ccc2c1)c1cccc(N(CCCC)C(=O)c2ccc3cc(OCCCCC4CO4)ccc3c2)c1. The number of carbonyl (C=O) groups excluding carboxylic acids is 2. The third-order valence-corrected chi connectivity index (χ3v) is 10.7. The second-order valence-electron chi connectivity index (χ2n) is 15.2. The van der Waals surface area contributed by atoms with E-state index in [1.165, 1.54) is 0 Å². The van der Waals surface area contributed by atoms with Crippen LogP contribution >= 0.6 is 0 Å². The Morgan fingerprint density at radius 3 is 1.41 bits per heavy atom. The Morgan fingerprint density at radius 2 is 0.982 bits per heavy atom. The molecular formula is C48H56N2O6. The molecule has 0 saturated carbocycles. The number of carbonyl (C=O) groups is 2. The van der Waals surface area contributed by atoms with E-state index in [2.05, 4.69) is 13.8 Å². The highest BCUT2D eigenvalue weighted by Gasteiger charge is 2.24. The van der Waals surface area contributed by atoms with E-state index in [9.17, 15) is 9.59 Å². The Labute approximate surface area is 331 Å². The minimum Gasteiger partial charge on any atom is -0.494 e. The zero-order valence-electron chi connectivity index (χ0n) is 33.0. The predicted molar refractivity (Wildman–Crippen MR) is 226 cm³/mol. The van der Waals surface area contributed by atoms with Gasteiger partial charge in [0, 0.05) is 35.6 Å². The first-order valence-electron chi connectivity index (χ1n) is 20.8. The Hall–Kier alpha value is -4.92. The maximum absolute atomic E-state index is 14.3. The van der Waals surface area contributed by atoms with E-state index in [0.717, 1.165) is 122 Å². The number of hydrogen-bond donors (Lipinski definition) is 0. The fourth-order valence-corrected chi connectivity index (χ4v) is 7.16. The van der Waals surface area contributed by atoms with Crippen LogP contribution in [-0.2, 0) is 9.47 Å². The molecule has 0 aliphatic carbocycles. The number of nitrogens with zero attached hydrogens (tertiary/aromatic N) is 2. The van der Waals surface area contributed by atoms with E-state index in [1.807, 2.05) is 107 Å². The van der Waals surface area contributed by atoms with Crippen molar-refractivity contribution < 1.29 is 28.5 Å². The van der Waals surface area contributed by atoms with Crippen molar-refractivity contribution in [3.8, 4) is 11.5 Å². The van der Waals surface area contributed by atoms with Crippen LogP contribution in [0.5, 0.6) is 11.5 Å². The molecule has 2 aliphatic rings. The van der Waals surface area contributed by atoms with Crippen LogP contribution in [0.2, 0.25) is 0 Å². The number of fused-ring (bicyclic) bond motifs is 2. The molecule has 2 unspecified atom stereocenters. The van der Waals surface area contributed by atoms with Crippen molar-refractivity contribution >= 4 is 44.7 Å². The number of anilines is 2. The number of hydrogen-bond acceptors (Lipinski definition) is 6. The first-order chi connectivity index (χ1) is 27.5. The Balaban J connectivity index is 1.05. The molecule has 0 bridgehead atoms. The molecule has 5 aromatic rings. The summed E-state index contributed by atoms with van der Waals surface area (Å²) in [5, 5.41) is 4.05. The maximum atomic E-state index is 14.3. The van der Waals surface area contributed by atoms with E-state index in [1.54, 1.807) is 0 Å². The minimum absolute atomic E-state index is 0.0605. The van der Waals surface area contributed by atoms with Crippen molar-refractivity contribution in [3.63, 3.8) is 0 Å². The Bertz CT molecular complexity index is 1950. The molecule has 2 fully saturated rings. The molecule has 0 spiro atoms. The van der Waals surface area contributed by atoms with Gasteiger partial charge in [-0.1, -0.05) is 57.0 Å². The fraction of sp³-hybridized carbons (Fsp3) is 0.417. The summed E-state index contributed by atoms with van der Waals surface area (Å²) in [6, 6.07) is 31.8. The van der Waals surface area contributed by atoms with Gasteiger partial charge in [-0.3, -0.25) is 9.59 Å². The molecule has 294 valence electrons. The maximum Gasteiger partial charge on any atom is 0.258 e. The van der Waals surface area contributed by atoms with Gasteiger partial charge >= 0.3 is 0 Å². The van der Waals surface area contributed by atoms with Crippen LogP contribution in [0.1, 0.15) is 98.8 Å². The molecule has 5 aromatic carbocycles. The number of ether oxygens (including phenoxy) is 4. The lowest BCUT2D eigenvalue weighted by atomic mass is 10.0. The quantitative estimate of drug-likeness (QED) is 0.0516. The van der Waals surface area contributed by atoms with Crippen LogP contribution in [0.3, 0.4) is 0 Å². The van der Waals surface area contributed by atoms with Crippen LogP contribution < -0.4 is 19.3 Å². The minimum atomic E-state index is -0.0605. The van der Waals surface area contributed by atoms with Gasteiger partial charge in [0.25, 0.3) is 11.8 Å². The summed E-state index contributed by atoms with van der Waals surface area (Å²) < 4.78 is 22.7. The summed E-state index contributed by atoms with van der Waals surface area (Å²) in [6.45, 7) is 8.57. The topological polar surface area (TPSA) is 84.1 Å². The van der Waals surface area contributed by atoms with E-state index in [-0.39, 0.29) is 11.8 Å². The number of amides is 2. The first-order valence-corrected chi connectivity index (χ1v) is 20.8. The molecular weight excluding hydrogens is 701 g/mol. The molecule has 56 heavy (non-hydrogen) atoms. The van der Waals surface area contributed by atoms with Crippen LogP contribution in [0.15, 0.2) is 97.1 Å². The van der Waals surface area contributed by atoms with Crippen LogP contribution in [0.25, 0.3) is 21.5 Å². The smallest absolute Gasteiger partial charge is 0.258 e. The molecule has 8 nitrogen and oxygen atoms in total. The summed E-state index contributed by atoms with van der Waals surface area (Å²) >= 11 is 0. The van der Waals surface area contributed by atoms with Gasteiger partial charge in [0.1, 0.15) is 11.5 Å². The van der Waals surface area contributed by atoms with Crippen molar-refractivity contribution in [1.82, 2.24) is 0 Å². The van der Waals surface area contributed by atoms with Gasteiger partial charge in [-0.25, -0.2) is 0 Å². The molecule has 2 amide bonds. The molecule has 0 N–H and O–H groups in total. The van der Waals surface area contributed by atoms with Crippen molar-refractivity contribution in [2.75, 3.05) is 49.3 Å². The van der Waals surface area contributed by atoms with E-state index >= 15 is 0 Å². The third kappa shape index (κ3) is 10.7. The molecule has 2 atom stereocenters. The molecule has 0 radical (unpaired) electrons. The second kappa shape index (κ2) is 19.3. The number of rotatable bonds is 22. The Kier molecular flexibility index (Phi) is 13.5. The van der Waals surface area contributed by atoms with Crippen molar-refractivity contribution in [2.45, 2.75) is 90.3 Å². The van der Waals surface area contributed by atoms with Gasteiger partial charge in [-0.15, -0.1) is 0 Å². The number of unbranched alkanes of at least 4 members (excludes halogenated alkanes) is 4. The lowest BCUT2D eigenvalue weighted by molar-refractivity contribution is 0.0980. The summed E-state index contributed by atoms with van der Waals surface area (Å²) in [5.74, 6) is 1.56. The zero-order chi connectivity index (χ0) is 38.7. The first kappa shape index (κ1) is 39.3. The van der Waals surface area contributed by atoms with E-state index in [4.69, 9.17) is 18.9 Å². The molecule has 2 saturated heterocycles. The lowest BCUT2D eigenvalue weighted by Gasteiger charge is -2.27. The second-order valence-corrected chi connectivity index (χ2v) is 15.2. The average molecular weight is 757 g/mol. The summed E-state index contributed by atoms with van der Waals surface area (Å²) in [4.78, 5) is 32.3. The average Bonchev–Trinajstić information content (AvgIpc) is 4.18. The van der Waals surface area contributed by atoms with Crippen LogP contribution in [-0.4, -0.2) is 63.5 Å². The van der Waals surface area contributed by atoms with Crippen molar-refractivity contribution in [2.24, 2.45) is 0 Å². The molecule has 8 heteroatoms. The third-order valence-electron chi connectivity index (χ3n) is 10.7. The van der Waals surface area contributed by atoms with Gasteiger partial charge in [0.15, 0.2) is 0 Å². The van der Waals surface area contributed by atoms with Gasteiger partial charge < -0.3 is 28.7 Å². The summed E-state index contributed by atoms with van der Waals surface area (Å²) in [5.41, 5.74) is 2.81. The number of benzene rings is 5. The molecule has 7 rings (SSSR count). The fourth-order valence-electron chi connectivity index (χ4n) is 7.16. The normalized spacial score (nSPS) is 15.8. The standard InChI is InChI=1S/C48H56N2O6/c1-3-5-24-49(47(51)39-18-16-37-30-43(22-20-35(37)28-39)53-26-9-7-14-45-33-55-45)41-12-11-13-42(32-41)50(25-6-4-2)48(52)40-19-17-38-31-44(23-21-36(38)29-40)54-27-10-8-15-46-34-56-46/h11-13,16-23,28-32,45-46H,3-10,14-15,24-27,33-34H2,1-2H3. The van der Waals surface area contributed by atoms with E-state index < -0.39 is 0 Å². The van der Waals surface area contributed by atoms with Gasteiger partial charge in [-0.05, 0) is 140 Å². The highest BCUT2D eigenvalue weighted by atomic mass is 16.6. The van der Waals surface area contributed by atoms with Gasteiger partial charge in [-0.2, -0.15) is 0 Å². The summed E-state index contributed by atoms with van der Waals surface area (Å²) in [7, 11) is 0. The Morgan fingerprint density at radius 1 is 0.554 bits per heavy atom. The molecule has 2 heterocycles. The van der Waals surface area contributed by atoms with Gasteiger partial charge in [0.05, 0.1) is 38.6 Å². The lowest BCUT2D eigenvalue weighted by Crippen LogP contribution is -2.34. The zero-order valence-corrected chi connectivity index (χ0v) is 33.0. The largest absolute Gasteiger partial charge is 0.494 e.